The van der Waals surface area contributed by atoms with Gasteiger partial charge >= 0.3 is 18.1 Å². The van der Waals surface area contributed by atoms with Crippen LogP contribution in [0.3, 0.4) is 0 Å². The van der Waals surface area contributed by atoms with E-state index in [1.807, 2.05) is 54.6 Å². The van der Waals surface area contributed by atoms with Crippen molar-refractivity contribution in [2.24, 2.45) is 11.8 Å². The summed E-state index contributed by atoms with van der Waals surface area (Å²) in [5.74, 6) is -1.20. The maximum atomic E-state index is 13.3. The fourth-order valence-corrected chi connectivity index (χ4v) is 7.06. The second kappa shape index (κ2) is 13.7. The third-order valence-electron chi connectivity index (χ3n) is 9.41. The van der Waals surface area contributed by atoms with E-state index in [0.717, 1.165) is 23.3 Å². The summed E-state index contributed by atoms with van der Waals surface area (Å²) in [7, 11) is -2.35. The van der Waals surface area contributed by atoms with Crippen molar-refractivity contribution in [3.8, 4) is 16.9 Å². The molecule has 0 amide bonds. The van der Waals surface area contributed by atoms with E-state index < -0.39 is 38.2 Å². The lowest BCUT2D eigenvalue weighted by Crippen LogP contribution is -2.45. The second-order valence-electron chi connectivity index (χ2n) is 13.7. The molecule has 5 atom stereocenters. The molecule has 0 bridgehead atoms. The zero-order valence-corrected chi connectivity index (χ0v) is 28.3. The maximum Gasteiger partial charge on any atom is 0.416 e. The van der Waals surface area contributed by atoms with Gasteiger partial charge in [-0.15, -0.1) is 0 Å². The van der Waals surface area contributed by atoms with E-state index in [4.69, 9.17) is 18.6 Å². The minimum Gasteiger partial charge on any atom is -0.491 e. The van der Waals surface area contributed by atoms with Crippen LogP contribution >= 0.6 is 0 Å². The van der Waals surface area contributed by atoms with Crippen molar-refractivity contribution in [3.63, 3.8) is 0 Å². The lowest BCUT2D eigenvalue weighted by Gasteiger charge is -2.38. The number of halogens is 3. The summed E-state index contributed by atoms with van der Waals surface area (Å²) in [4.78, 5) is 25.5. The van der Waals surface area contributed by atoms with Crippen LogP contribution in [0.15, 0.2) is 91.0 Å². The average Bonchev–Trinajstić information content (AvgIpc) is 3.53. The molecule has 1 heterocycles. The van der Waals surface area contributed by atoms with E-state index in [9.17, 15) is 22.8 Å². The maximum absolute atomic E-state index is 13.3. The van der Waals surface area contributed by atoms with Crippen LogP contribution in [0, 0.1) is 11.8 Å². The van der Waals surface area contributed by atoms with Crippen LogP contribution in [-0.4, -0.2) is 45.2 Å². The van der Waals surface area contributed by atoms with Gasteiger partial charge in [-0.05, 0) is 59.6 Å². The number of ether oxygens (including phenoxy) is 3. The summed E-state index contributed by atoms with van der Waals surface area (Å²) < 4.78 is 64.1. The van der Waals surface area contributed by atoms with Gasteiger partial charge in [0, 0.05) is 18.3 Å². The van der Waals surface area contributed by atoms with Crippen LogP contribution in [0.4, 0.5) is 13.2 Å². The van der Waals surface area contributed by atoms with Gasteiger partial charge in [0.05, 0.1) is 23.7 Å². The van der Waals surface area contributed by atoms with E-state index in [0.29, 0.717) is 12.0 Å². The fourth-order valence-electron chi connectivity index (χ4n) is 5.80. The molecular formula is C37H41F3O6Si. The zero-order chi connectivity index (χ0) is 34.0. The fraction of sp³-hybridized carbons (Fsp3) is 0.405. The molecule has 0 aromatic heterocycles. The summed E-state index contributed by atoms with van der Waals surface area (Å²) >= 11 is 0. The van der Waals surface area contributed by atoms with Crippen molar-refractivity contribution in [1.82, 2.24) is 0 Å². The molecule has 1 saturated carbocycles. The van der Waals surface area contributed by atoms with Crippen molar-refractivity contribution < 1.29 is 41.4 Å². The average molecular weight is 667 g/mol. The van der Waals surface area contributed by atoms with Crippen LogP contribution in [0.2, 0.25) is 18.1 Å². The Labute approximate surface area is 275 Å². The molecule has 5 rings (SSSR count). The molecule has 2 aliphatic rings. The number of esters is 2. The third kappa shape index (κ3) is 8.34. The van der Waals surface area contributed by atoms with Crippen molar-refractivity contribution in [3.05, 3.63) is 102 Å². The molecule has 0 N–H and O–H groups in total. The summed E-state index contributed by atoms with van der Waals surface area (Å²) in [5.41, 5.74) is 1.63. The van der Waals surface area contributed by atoms with Crippen LogP contribution in [-0.2, 0) is 24.9 Å². The van der Waals surface area contributed by atoms with Gasteiger partial charge in [0.2, 0.25) is 0 Å². The van der Waals surface area contributed by atoms with Crippen LogP contribution in [0.25, 0.3) is 11.1 Å². The molecule has 1 aliphatic carbocycles. The monoisotopic (exact) mass is 666 g/mol. The number of fused-ring (bicyclic) bond motifs is 1. The highest BCUT2D eigenvalue weighted by atomic mass is 28.4. The molecule has 6 nitrogen and oxygen atoms in total. The Bertz CT molecular complexity index is 1580. The normalized spacial score (nSPS) is 22.2. The molecule has 250 valence electrons. The second-order valence-corrected chi connectivity index (χ2v) is 18.5. The number of alkyl halides is 3. The van der Waals surface area contributed by atoms with Crippen molar-refractivity contribution in [1.29, 1.82) is 0 Å². The van der Waals surface area contributed by atoms with Crippen molar-refractivity contribution >= 4 is 20.3 Å². The smallest absolute Gasteiger partial charge is 0.416 e. The topological polar surface area (TPSA) is 71.1 Å². The van der Waals surface area contributed by atoms with Gasteiger partial charge in [0.1, 0.15) is 24.6 Å². The molecule has 47 heavy (non-hydrogen) atoms. The Morgan fingerprint density at radius 1 is 0.979 bits per heavy atom. The van der Waals surface area contributed by atoms with Crippen molar-refractivity contribution in [2.45, 2.75) is 76.2 Å². The molecule has 1 unspecified atom stereocenters. The summed E-state index contributed by atoms with van der Waals surface area (Å²) in [6.07, 6.45) is -1.72. The predicted octanol–water partition coefficient (Wildman–Crippen LogP) is 8.88. The van der Waals surface area contributed by atoms with Gasteiger partial charge in [-0.2, -0.15) is 13.2 Å². The molecule has 3 aromatic carbocycles. The van der Waals surface area contributed by atoms with Gasteiger partial charge in [-0.3, -0.25) is 4.79 Å². The molecule has 3 aromatic rings. The first-order valence-corrected chi connectivity index (χ1v) is 18.7. The van der Waals surface area contributed by atoms with Crippen molar-refractivity contribution in [2.75, 3.05) is 6.61 Å². The minimum absolute atomic E-state index is 0.0290. The SMILES string of the molecule is CC(C)(C)[Si](C)(C)OC(/C=C/[C@@H]1[C@H]2CC(=O)O[C@H]2C[C@H]1OC(=O)c1ccc(-c2ccccc2)cc1)COc1cccc(C(F)(F)F)c1. The molecule has 0 radical (unpaired) electrons. The molecular weight excluding hydrogens is 625 g/mol. The first-order valence-electron chi connectivity index (χ1n) is 15.8. The minimum atomic E-state index is -4.49. The Kier molecular flexibility index (Phi) is 10.0. The quantitative estimate of drug-likeness (QED) is 0.122. The molecule has 0 spiro atoms. The number of carbonyl (C=O) groups is 2. The van der Waals surface area contributed by atoms with E-state index in [2.05, 4.69) is 33.9 Å². The largest absolute Gasteiger partial charge is 0.491 e. The number of rotatable bonds is 10. The first-order chi connectivity index (χ1) is 22.1. The number of hydrogen-bond acceptors (Lipinski definition) is 6. The lowest BCUT2D eigenvalue weighted by molar-refractivity contribution is -0.142. The Balaban J connectivity index is 1.35. The number of benzene rings is 3. The predicted molar refractivity (Wildman–Crippen MR) is 175 cm³/mol. The highest BCUT2D eigenvalue weighted by molar-refractivity contribution is 6.74. The highest BCUT2D eigenvalue weighted by Crippen LogP contribution is 2.44. The van der Waals surface area contributed by atoms with E-state index >= 15 is 0 Å². The lowest BCUT2D eigenvalue weighted by atomic mass is 9.91. The number of hydrogen-bond donors (Lipinski definition) is 0. The van der Waals surface area contributed by atoms with Gasteiger partial charge in [-0.25, -0.2) is 4.79 Å². The van der Waals surface area contributed by atoms with E-state index in [1.165, 1.54) is 12.1 Å². The zero-order valence-electron chi connectivity index (χ0n) is 27.3. The van der Waals surface area contributed by atoms with E-state index in [-0.39, 0.29) is 47.7 Å². The van der Waals surface area contributed by atoms with Gasteiger partial charge in [0.25, 0.3) is 0 Å². The van der Waals surface area contributed by atoms with E-state index in [1.54, 1.807) is 12.1 Å². The van der Waals surface area contributed by atoms with Crippen LogP contribution < -0.4 is 4.74 Å². The summed E-state index contributed by atoms with van der Waals surface area (Å²) in [6.45, 7) is 10.4. The molecule has 1 saturated heterocycles. The first kappa shape index (κ1) is 34.4. The van der Waals surface area contributed by atoms with Gasteiger partial charge in [-0.1, -0.05) is 81.5 Å². The van der Waals surface area contributed by atoms with Gasteiger partial charge in [0.15, 0.2) is 8.32 Å². The summed E-state index contributed by atoms with van der Waals surface area (Å²) in [6, 6.07) is 21.8. The third-order valence-corrected chi connectivity index (χ3v) is 13.9. The Hall–Kier alpha value is -3.89. The Morgan fingerprint density at radius 2 is 1.66 bits per heavy atom. The highest BCUT2D eigenvalue weighted by Gasteiger charge is 2.51. The van der Waals surface area contributed by atoms with Gasteiger partial charge < -0.3 is 18.6 Å². The van der Waals surface area contributed by atoms with Crippen LogP contribution in [0.5, 0.6) is 5.75 Å². The molecule has 2 fully saturated rings. The Morgan fingerprint density at radius 3 is 2.32 bits per heavy atom. The number of carbonyl (C=O) groups excluding carboxylic acids is 2. The standard InChI is InChI=1S/C37H41F3O6Si/c1-36(2,3)47(4,5)46-29(23-43-28-13-9-12-27(20-28)37(38,39)40)18-19-30-31-21-34(41)44-33(31)22-32(30)45-35(42)26-16-14-25(15-17-26)24-10-7-6-8-11-24/h6-20,29-33H,21-23H2,1-5H3/b19-18+/t29?,30-,31-,32-,33+/m1/s1. The van der Waals surface area contributed by atoms with Crippen LogP contribution in [0.1, 0.15) is 49.5 Å². The summed E-state index contributed by atoms with van der Waals surface area (Å²) in [5, 5.41) is -0.145. The molecule has 1 aliphatic heterocycles. The molecule has 10 heteroatoms.